The van der Waals surface area contributed by atoms with Gasteiger partial charge in [0.05, 0.1) is 47.3 Å². The lowest BCUT2D eigenvalue weighted by molar-refractivity contribution is -0.111. The number of hydrogen-bond donors (Lipinski definition) is 2. The first kappa shape index (κ1) is 26.8. The number of allylic oxidation sites excluding steroid dienone is 1. The molecule has 0 unspecified atom stereocenters. The molecule has 10 heteroatoms. The minimum atomic E-state index is -0.306. The third-order valence-corrected chi connectivity index (χ3v) is 6.51. The van der Waals surface area contributed by atoms with E-state index in [1.807, 2.05) is 35.9 Å². The first-order valence-corrected chi connectivity index (χ1v) is 13.6. The van der Waals surface area contributed by atoms with Gasteiger partial charge in [0.25, 0.3) is 0 Å². The number of fused-ring (bicyclic) bond motifs is 2. The van der Waals surface area contributed by atoms with E-state index in [9.17, 15) is 14.4 Å². The summed E-state index contributed by atoms with van der Waals surface area (Å²) in [7, 11) is 0. The van der Waals surface area contributed by atoms with Crippen molar-refractivity contribution in [3.05, 3.63) is 96.1 Å². The molecular weight excluding hydrogens is 575 g/mol. The van der Waals surface area contributed by atoms with Gasteiger partial charge in [-0.15, -0.1) is 0 Å². The fraction of sp³-hybridized carbons (Fsp3) is 0.133. The number of nitrogens with one attached hydrogen (secondary N) is 2. The second-order valence-electron chi connectivity index (χ2n) is 8.83. The smallest absolute Gasteiger partial charge is 0.248 e. The molecule has 0 atom stereocenters. The van der Waals surface area contributed by atoms with Gasteiger partial charge in [0.2, 0.25) is 5.91 Å². The van der Waals surface area contributed by atoms with Crippen molar-refractivity contribution in [2.75, 3.05) is 22.6 Å². The van der Waals surface area contributed by atoms with Crippen LogP contribution in [0, 0.1) is 17.1 Å². The summed E-state index contributed by atoms with van der Waals surface area (Å²) in [5.74, 6) is -0.116. The summed E-state index contributed by atoms with van der Waals surface area (Å²) in [5.41, 5.74) is 4.39. The van der Waals surface area contributed by atoms with Crippen LogP contribution in [-0.4, -0.2) is 32.6 Å². The Morgan fingerprint density at radius 3 is 2.85 bits per heavy atom. The molecule has 2 aromatic heterocycles. The summed E-state index contributed by atoms with van der Waals surface area (Å²) in [6.07, 6.45) is 6.38. The number of aromatic nitrogens is 3. The van der Waals surface area contributed by atoms with Crippen LogP contribution in [0.15, 0.2) is 79.1 Å². The highest BCUT2D eigenvalue weighted by Gasteiger charge is 2.16. The van der Waals surface area contributed by atoms with Crippen molar-refractivity contribution >= 4 is 60.7 Å². The number of ether oxygens (including phenoxy) is 1. The molecule has 0 fully saturated rings. The summed E-state index contributed by atoms with van der Waals surface area (Å²) >= 11 is 3.27. The zero-order valence-electron chi connectivity index (χ0n) is 21.5. The minimum Gasteiger partial charge on any atom is -0.492 e. The number of pyridine rings is 1. The number of amides is 1. The van der Waals surface area contributed by atoms with Crippen molar-refractivity contribution in [3.63, 3.8) is 0 Å². The fourth-order valence-corrected chi connectivity index (χ4v) is 4.57. The molecule has 0 saturated carbocycles. The number of rotatable bonds is 9. The topological polar surface area (TPSA) is 105 Å². The summed E-state index contributed by atoms with van der Waals surface area (Å²) in [6, 6.07) is 17.9. The van der Waals surface area contributed by atoms with Crippen LogP contribution >= 0.6 is 15.9 Å². The first-order chi connectivity index (χ1) is 19.5. The number of halogens is 2. The first-order valence-electron chi connectivity index (χ1n) is 12.5. The molecule has 0 saturated heterocycles. The number of hydrogen-bond acceptors (Lipinski definition) is 6. The van der Waals surface area contributed by atoms with E-state index in [1.54, 1.807) is 30.5 Å². The zero-order chi connectivity index (χ0) is 28.1. The number of alkyl halides is 1. The van der Waals surface area contributed by atoms with Gasteiger partial charge in [0.1, 0.15) is 17.6 Å². The van der Waals surface area contributed by atoms with Crippen molar-refractivity contribution in [3.8, 4) is 11.8 Å². The number of benzene rings is 3. The summed E-state index contributed by atoms with van der Waals surface area (Å²) in [6.45, 7) is 2.69. The van der Waals surface area contributed by atoms with Crippen LogP contribution in [0.3, 0.4) is 0 Å². The van der Waals surface area contributed by atoms with Crippen molar-refractivity contribution < 1.29 is 13.9 Å². The van der Waals surface area contributed by atoms with Gasteiger partial charge in [-0.3, -0.25) is 14.5 Å². The van der Waals surface area contributed by atoms with E-state index >= 15 is 0 Å². The Balaban J connectivity index is 1.51. The van der Waals surface area contributed by atoms with Gasteiger partial charge in [0, 0.05) is 40.1 Å². The summed E-state index contributed by atoms with van der Waals surface area (Å²) in [5, 5.41) is 22.6. The number of nitriles is 1. The molecule has 2 heterocycles. The number of anilines is 3. The number of carbonyl (C=O) groups excluding carboxylic acids is 1. The SMILES string of the molecule is CCOc1cc2ncc(C#N)c(Nc3ccc4c(cnn4Cc4cccc(F)c4)c3)c2cc1NC(=O)/C=C/CBr. The monoisotopic (exact) mass is 598 g/mol. The molecule has 8 nitrogen and oxygen atoms in total. The van der Waals surface area contributed by atoms with Crippen LogP contribution in [0.2, 0.25) is 0 Å². The largest absolute Gasteiger partial charge is 0.492 e. The molecule has 0 aliphatic heterocycles. The average molecular weight is 599 g/mol. The third kappa shape index (κ3) is 5.80. The van der Waals surface area contributed by atoms with Gasteiger partial charge in [-0.05, 0) is 48.9 Å². The van der Waals surface area contributed by atoms with Crippen LogP contribution in [0.5, 0.6) is 5.75 Å². The number of carbonyl (C=O) groups is 1. The molecule has 3 aromatic carbocycles. The van der Waals surface area contributed by atoms with Crippen molar-refractivity contribution in [2.24, 2.45) is 0 Å². The maximum atomic E-state index is 13.6. The van der Waals surface area contributed by atoms with E-state index in [4.69, 9.17) is 4.74 Å². The molecule has 5 aromatic rings. The van der Waals surface area contributed by atoms with Gasteiger partial charge in [-0.25, -0.2) is 4.39 Å². The number of nitrogens with zero attached hydrogens (tertiary/aromatic N) is 4. The molecule has 1 amide bonds. The van der Waals surface area contributed by atoms with Crippen LogP contribution in [-0.2, 0) is 11.3 Å². The van der Waals surface area contributed by atoms with E-state index in [-0.39, 0.29) is 11.7 Å². The Hall–Kier alpha value is -4.75. The normalized spacial score (nSPS) is 11.2. The minimum absolute atomic E-state index is 0.287. The predicted octanol–water partition coefficient (Wildman–Crippen LogP) is 6.68. The van der Waals surface area contributed by atoms with E-state index in [1.165, 1.54) is 24.4 Å². The van der Waals surface area contributed by atoms with E-state index < -0.39 is 0 Å². The van der Waals surface area contributed by atoms with Crippen molar-refractivity contribution in [2.45, 2.75) is 13.5 Å². The Morgan fingerprint density at radius 1 is 1.20 bits per heavy atom. The highest BCUT2D eigenvalue weighted by atomic mass is 79.9. The third-order valence-electron chi connectivity index (χ3n) is 6.14. The average Bonchev–Trinajstić information content (AvgIpc) is 3.34. The second-order valence-corrected chi connectivity index (χ2v) is 9.48. The molecule has 0 bridgehead atoms. The maximum Gasteiger partial charge on any atom is 0.248 e. The van der Waals surface area contributed by atoms with Crippen LogP contribution in [0.25, 0.3) is 21.8 Å². The lowest BCUT2D eigenvalue weighted by atomic mass is 10.1. The molecule has 0 spiro atoms. The second kappa shape index (κ2) is 12.0. The van der Waals surface area contributed by atoms with Gasteiger partial charge >= 0.3 is 0 Å². The molecule has 0 aliphatic rings. The maximum absolute atomic E-state index is 13.6. The van der Waals surface area contributed by atoms with Crippen molar-refractivity contribution in [1.29, 1.82) is 5.26 Å². The van der Waals surface area contributed by atoms with Gasteiger partial charge in [-0.1, -0.05) is 34.1 Å². The Kier molecular flexibility index (Phi) is 8.03. The standard InChI is InChI=1S/C30H24BrFN6O2/c1-2-40-28-14-25-24(13-26(28)37-29(39)7-4-10-31)30(21(15-33)16-34-25)36-23-8-9-27-20(12-23)17-35-38(27)18-19-5-3-6-22(32)11-19/h3-9,11-14,16-17H,2,10,18H2,1H3,(H,34,36)(H,37,39)/b7-4+. The molecule has 200 valence electrons. The van der Waals surface area contributed by atoms with Crippen LogP contribution in [0.1, 0.15) is 18.1 Å². The van der Waals surface area contributed by atoms with Gasteiger partial charge in [0.15, 0.2) is 0 Å². The van der Waals surface area contributed by atoms with E-state index in [2.05, 4.69) is 42.7 Å². The van der Waals surface area contributed by atoms with Crippen LogP contribution in [0.4, 0.5) is 21.5 Å². The lowest BCUT2D eigenvalue weighted by Gasteiger charge is -2.16. The van der Waals surface area contributed by atoms with Crippen molar-refractivity contribution in [1.82, 2.24) is 14.8 Å². The zero-order valence-corrected chi connectivity index (χ0v) is 23.1. The molecule has 40 heavy (non-hydrogen) atoms. The molecule has 2 N–H and O–H groups in total. The Labute approximate surface area is 238 Å². The molecule has 5 rings (SSSR count). The Morgan fingerprint density at radius 2 is 2.08 bits per heavy atom. The molecular formula is C30H24BrFN6O2. The van der Waals surface area contributed by atoms with E-state index in [0.717, 1.165) is 22.2 Å². The molecule has 0 radical (unpaired) electrons. The Bertz CT molecular complexity index is 1790. The van der Waals surface area contributed by atoms with E-state index in [0.29, 0.717) is 52.1 Å². The highest BCUT2D eigenvalue weighted by molar-refractivity contribution is 9.09. The fourth-order valence-electron chi connectivity index (χ4n) is 4.38. The highest BCUT2D eigenvalue weighted by Crippen LogP contribution is 2.36. The van der Waals surface area contributed by atoms with Crippen LogP contribution < -0.4 is 15.4 Å². The summed E-state index contributed by atoms with van der Waals surface area (Å²) < 4.78 is 21.2. The predicted molar refractivity (Wildman–Crippen MR) is 158 cm³/mol. The quantitative estimate of drug-likeness (QED) is 0.145. The van der Waals surface area contributed by atoms with Gasteiger partial charge in [-0.2, -0.15) is 10.4 Å². The summed E-state index contributed by atoms with van der Waals surface area (Å²) in [4.78, 5) is 16.9. The van der Waals surface area contributed by atoms with Gasteiger partial charge < -0.3 is 15.4 Å². The lowest BCUT2D eigenvalue weighted by Crippen LogP contribution is -2.10. The molecule has 0 aliphatic carbocycles.